The molecule has 6 nitrogen and oxygen atoms in total. The van der Waals surface area contributed by atoms with Gasteiger partial charge in [-0.1, -0.05) is 20.3 Å². The summed E-state index contributed by atoms with van der Waals surface area (Å²) in [6.45, 7) is 6.31. The molecule has 0 spiro atoms. The summed E-state index contributed by atoms with van der Waals surface area (Å²) in [6.07, 6.45) is 12.8. The number of nitrogens with zero attached hydrogens (tertiary/aromatic N) is 3. The second-order valence-electron chi connectivity index (χ2n) is 7.84. The van der Waals surface area contributed by atoms with E-state index in [0.717, 1.165) is 55.2 Å². The van der Waals surface area contributed by atoms with Crippen molar-refractivity contribution in [3.63, 3.8) is 0 Å². The lowest BCUT2D eigenvalue weighted by molar-refractivity contribution is 0.185. The summed E-state index contributed by atoms with van der Waals surface area (Å²) in [5.41, 5.74) is 16.8. The third-order valence-electron chi connectivity index (χ3n) is 5.32. The highest BCUT2D eigenvalue weighted by Gasteiger charge is 2.31. The van der Waals surface area contributed by atoms with Crippen LogP contribution in [0.1, 0.15) is 33.1 Å². The Balaban J connectivity index is 1.74. The van der Waals surface area contributed by atoms with Crippen LogP contribution in [-0.2, 0) is 4.74 Å². The molecular weight excluding hydrogens is 338 g/mol. The highest BCUT2D eigenvalue weighted by molar-refractivity contribution is 5.76. The van der Waals surface area contributed by atoms with Gasteiger partial charge in [0.15, 0.2) is 6.23 Å². The predicted molar refractivity (Wildman–Crippen MR) is 109 cm³/mol. The number of anilines is 2. The van der Waals surface area contributed by atoms with E-state index in [9.17, 15) is 0 Å². The smallest absolute Gasteiger partial charge is 0.169 e. The molecule has 27 heavy (non-hydrogen) atoms. The van der Waals surface area contributed by atoms with Crippen molar-refractivity contribution in [2.24, 2.45) is 17.4 Å². The monoisotopic (exact) mass is 367 g/mol. The molecule has 0 saturated carbocycles. The van der Waals surface area contributed by atoms with E-state index in [1.807, 2.05) is 18.5 Å². The van der Waals surface area contributed by atoms with Crippen molar-refractivity contribution in [2.75, 3.05) is 22.9 Å². The van der Waals surface area contributed by atoms with Gasteiger partial charge in [-0.3, -0.25) is 10.7 Å². The molecule has 0 aromatic carbocycles. The van der Waals surface area contributed by atoms with E-state index in [2.05, 4.69) is 47.0 Å². The maximum absolute atomic E-state index is 6.31. The van der Waals surface area contributed by atoms with E-state index in [4.69, 9.17) is 16.2 Å². The lowest BCUT2D eigenvalue weighted by atomic mass is 9.96. The van der Waals surface area contributed by atoms with Gasteiger partial charge < -0.3 is 20.3 Å². The largest absolute Gasteiger partial charge is 0.470 e. The van der Waals surface area contributed by atoms with Crippen LogP contribution in [0.3, 0.4) is 0 Å². The Morgan fingerprint density at radius 2 is 2.11 bits per heavy atom. The van der Waals surface area contributed by atoms with Crippen LogP contribution >= 0.6 is 0 Å². The first kappa shape index (κ1) is 18.1. The fourth-order valence-electron chi connectivity index (χ4n) is 4.28. The van der Waals surface area contributed by atoms with Crippen molar-refractivity contribution in [1.29, 1.82) is 0 Å². The minimum atomic E-state index is -0.410. The average molecular weight is 367 g/mol. The van der Waals surface area contributed by atoms with E-state index in [0.29, 0.717) is 5.92 Å². The van der Waals surface area contributed by atoms with Gasteiger partial charge in [-0.2, -0.15) is 0 Å². The predicted octanol–water partition coefficient (Wildman–Crippen LogP) is 2.84. The van der Waals surface area contributed by atoms with Crippen LogP contribution in [0.4, 0.5) is 11.4 Å². The number of rotatable bonds is 4. The minimum Gasteiger partial charge on any atom is -0.470 e. The molecule has 1 saturated heterocycles. The lowest BCUT2D eigenvalue weighted by Crippen LogP contribution is -2.46. The zero-order valence-electron chi connectivity index (χ0n) is 16.1. The number of fused-ring (bicyclic) bond motifs is 1. The molecule has 0 radical (unpaired) electrons. The zero-order valence-corrected chi connectivity index (χ0v) is 16.1. The van der Waals surface area contributed by atoms with Gasteiger partial charge in [-0.25, -0.2) is 0 Å². The topological polar surface area (TPSA) is 80.6 Å². The van der Waals surface area contributed by atoms with Gasteiger partial charge in [-0.15, -0.1) is 0 Å². The first-order chi connectivity index (χ1) is 13.0. The van der Waals surface area contributed by atoms with Crippen LogP contribution < -0.4 is 21.3 Å². The molecule has 3 atom stereocenters. The fraction of sp³-hybridized carbons (Fsp3) is 0.476. The van der Waals surface area contributed by atoms with E-state index >= 15 is 0 Å². The number of piperidine rings is 1. The molecular formula is C21H29N5O. The molecule has 3 aliphatic rings. The number of aromatic nitrogens is 1. The maximum atomic E-state index is 6.31. The van der Waals surface area contributed by atoms with Gasteiger partial charge in [0.05, 0.1) is 23.3 Å². The van der Waals surface area contributed by atoms with Crippen molar-refractivity contribution in [2.45, 2.75) is 45.4 Å². The zero-order chi connectivity index (χ0) is 19.0. The summed E-state index contributed by atoms with van der Waals surface area (Å²) in [6, 6.07) is 2.28. The Hall–Kier alpha value is -2.31. The lowest BCUT2D eigenvalue weighted by Gasteiger charge is -2.39. The molecule has 0 aliphatic carbocycles. The van der Waals surface area contributed by atoms with Gasteiger partial charge in [0.25, 0.3) is 0 Å². The highest BCUT2D eigenvalue weighted by Crippen LogP contribution is 2.40. The van der Waals surface area contributed by atoms with Gasteiger partial charge in [0.2, 0.25) is 0 Å². The van der Waals surface area contributed by atoms with Crippen LogP contribution in [0.2, 0.25) is 0 Å². The SMILES string of the molecule is CCCC1=CN(c2cnccc2N2CC(C)CC(N)C2)C2=CC(N)OC2=C1. The molecule has 1 fully saturated rings. The summed E-state index contributed by atoms with van der Waals surface area (Å²) >= 11 is 0. The summed E-state index contributed by atoms with van der Waals surface area (Å²) < 4.78 is 5.82. The van der Waals surface area contributed by atoms with Crippen LogP contribution in [-0.4, -0.2) is 30.3 Å². The Morgan fingerprint density at radius 3 is 2.89 bits per heavy atom. The second-order valence-corrected chi connectivity index (χ2v) is 7.84. The standard InChI is InChI=1S/C21H29N5O/c1-3-4-15-8-20-18(9-21(23)27-20)26(12-15)19-10-24-6-5-17(19)25-11-14(2)7-16(22)13-25/h5-6,8-10,12,14,16,21H,3-4,7,11,13,22-23H2,1-2H3. The Bertz CT molecular complexity index is 790. The molecule has 1 aromatic rings. The van der Waals surface area contributed by atoms with Crippen molar-refractivity contribution >= 4 is 11.4 Å². The molecule has 144 valence electrons. The summed E-state index contributed by atoms with van der Waals surface area (Å²) in [5, 5.41) is 0. The summed E-state index contributed by atoms with van der Waals surface area (Å²) in [7, 11) is 0. The molecule has 4 N–H and O–H groups in total. The second kappa shape index (κ2) is 7.37. The molecule has 3 unspecified atom stereocenters. The Kier molecular flexibility index (Phi) is 4.93. The number of allylic oxidation sites excluding steroid dienone is 2. The molecule has 0 bridgehead atoms. The third kappa shape index (κ3) is 3.59. The quantitative estimate of drug-likeness (QED) is 0.852. The number of hydrogen-bond acceptors (Lipinski definition) is 6. The Labute approximate surface area is 161 Å². The van der Waals surface area contributed by atoms with E-state index in [-0.39, 0.29) is 6.04 Å². The van der Waals surface area contributed by atoms with Crippen molar-refractivity contribution in [3.8, 4) is 0 Å². The molecule has 4 rings (SSSR count). The van der Waals surface area contributed by atoms with E-state index in [1.54, 1.807) is 0 Å². The van der Waals surface area contributed by atoms with Gasteiger partial charge in [0, 0.05) is 31.5 Å². The van der Waals surface area contributed by atoms with Crippen LogP contribution in [0, 0.1) is 5.92 Å². The third-order valence-corrected chi connectivity index (χ3v) is 5.32. The average Bonchev–Trinajstić information content (AvgIpc) is 3.00. The van der Waals surface area contributed by atoms with Gasteiger partial charge in [0.1, 0.15) is 5.76 Å². The van der Waals surface area contributed by atoms with Crippen LogP contribution in [0.25, 0.3) is 0 Å². The van der Waals surface area contributed by atoms with Crippen molar-refractivity contribution in [3.05, 3.63) is 53.8 Å². The van der Waals surface area contributed by atoms with Gasteiger partial charge in [-0.05, 0) is 42.6 Å². The number of ether oxygens (including phenoxy) is 1. The maximum Gasteiger partial charge on any atom is 0.169 e. The molecule has 6 heteroatoms. The summed E-state index contributed by atoms with van der Waals surface area (Å²) in [4.78, 5) is 8.98. The molecule has 1 aromatic heterocycles. The minimum absolute atomic E-state index is 0.195. The fourth-order valence-corrected chi connectivity index (χ4v) is 4.28. The number of hydrogen-bond donors (Lipinski definition) is 2. The van der Waals surface area contributed by atoms with Crippen molar-refractivity contribution in [1.82, 2.24) is 4.98 Å². The Morgan fingerprint density at radius 1 is 1.26 bits per heavy atom. The van der Waals surface area contributed by atoms with Crippen molar-refractivity contribution < 1.29 is 4.74 Å². The van der Waals surface area contributed by atoms with E-state index < -0.39 is 6.23 Å². The number of nitrogens with two attached hydrogens (primary N) is 2. The molecule has 4 heterocycles. The van der Waals surface area contributed by atoms with E-state index in [1.165, 1.54) is 5.57 Å². The summed E-state index contributed by atoms with van der Waals surface area (Å²) in [5.74, 6) is 1.41. The normalized spacial score (nSPS) is 27.6. The number of pyridine rings is 1. The first-order valence-electron chi connectivity index (χ1n) is 9.85. The first-order valence-corrected chi connectivity index (χ1v) is 9.85. The van der Waals surface area contributed by atoms with Gasteiger partial charge >= 0.3 is 0 Å². The van der Waals surface area contributed by atoms with Crippen LogP contribution in [0.15, 0.2) is 53.8 Å². The highest BCUT2D eigenvalue weighted by atomic mass is 16.5. The molecule has 0 amide bonds. The van der Waals surface area contributed by atoms with Crippen LogP contribution in [0.5, 0.6) is 0 Å². The molecule has 3 aliphatic heterocycles.